The summed E-state index contributed by atoms with van der Waals surface area (Å²) in [5.74, 6) is 0.0467. The van der Waals surface area contributed by atoms with E-state index in [0.717, 1.165) is 62.4 Å². The Labute approximate surface area is 159 Å². The molecule has 2 saturated heterocycles. The summed E-state index contributed by atoms with van der Waals surface area (Å²) in [7, 11) is 0. The van der Waals surface area contributed by atoms with Crippen LogP contribution in [-0.4, -0.2) is 58.3 Å². The molecule has 0 amide bonds. The van der Waals surface area contributed by atoms with Gasteiger partial charge >= 0.3 is 0 Å². The Bertz CT molecular complexity index is 764. The topological polar surface area (TPSA) is 52.5 Å². The van der Waals surface area contributed by atoms with E-state index < -0.39 is 0 Å². The van der Waals surface area contributed by atoms with Crippen LogP contribution in [0.3, 0.4) is 0 Å². The van der Waals surface area contributed by atoms with E-state index in [9.17, 15) is 9.50 Å². The third-order valence-corrected chi connectivity index (χ3v) is 6.00. The Morgan fingerprint density at radius 2 is 2.00 bits per heavy atom. The molecule has 2 aliphatic rings. The van der Waals surface area contributed by atoms with Crippen LogP contribution >= 0.6 is 0 Å². The normalized spacial score (nSPS) is 24.5. The average Bonchev–Trinajstić information content (AvgIpc) is 3.03. The van der Waals surface area contributed by atoms with Gasteiger partial charge in [0.2, 0.25) is 0 Å². The van der Waals surface area contributed by atoms with Crippen molar-refractivity contribution in [1.29, 1.82) is 0 Å². The Morgan fingerprint density at radius 1 is 1.19 bits per heavy atom. The van der Waals surface area contributed by atoms with E-state index in [0.29, 0.717) is 6.04 Å². The van der Waals surface area contributed by atoms with Gasteiger partial charge in [0, 0.05) is 62.4 Å². The van der Waals surface area contributed by atoms with Crippen molar-refractivity contribution in [3.63, 3.8) is 0 Å². The molecule has 1 aromatic carbocycles. The predicted octanol–water partition coefficient (Wildman–Crippen LogP) is 2.43. The summed E-state index contributed by atoms with van der Waals surface area (Å²) < 4.78 is 13.4. The molecule has 0 spiro atoms. The molecule has 1 N–H and O–H groups in total. The SMILES string of the molecule is Cc1cc(F)ccc1N1CCC(N2C[C@@H](Cc3cnccn3)[C@H](O)C2)CC1. The van der Waals surface area contributed by atoms with Crippen molar-refractivity contribution in [2.24, 2.45) is 5.92 Å². The first-order chi connectivity index (χ1) is 13.1. The molecule has 2 fully saturated rings. The maximum atomic E-state index is 13.4. The summed E-state index contributed by atoms with van der Waals surface area (Å²) in [6.07, 6.45) is 7.80. The molecule has 4 rings (SSSR count). The van der Waals surface area contributed by atoms with Gasteiger partial charge in [0.25, 0.3) is 0 Å². The third kappa shape index (κ3) is 4.12. The minimum absolute atomic E-state index is 0.175. The highest BCUT2D eigenvalue weighted by atomic mass is 19.1. The van der Waals surface area contributed by atoms with E-state index in [1.54, 1.807) is 30.7 Å². The lowest BCUT2D eigenvalue weighted by atomic mass is 10.00. The van der Waals surface area contributed by atoms with Crippen molar-refractivity contribution >= 4 is 5.69 Å². The number of rotatable bonds is 4. The number of aromatic nitrogens is 2. The fourth-order valence-electron chi connectivity index (χ4n) is 4.54. The van der Waals surface area contributed by atoms with Gasteiger partial charge in [-0.1, -0.05) is 0 Å². The number of anilines is 1. The van der Waals surface area contributed by atoms with Crippen LogP contribution in [0, 0.1) is 18.7 Å². The van der Waals surface area contributed by atoms with Crippen molar-refractivity contribution in [2.45, 2.75) is 38.3 Å². The fourth-order valence-corrected chi connectivity index (χ4v) is 4.54. The lowest BCUT2D eigenvalue weighted by Gasteiger charge is -2.38. The van der Waals surface area contributed by atoms with Gasteiger partial charge in [-0.15, -0.1) is 0 Å². The zero-order chi connectivity index (χ0) is 18.8. The Balaban J connectivity index is 1.33. The number of halogens is 1. The molecule has 0 saturated carbocycles. The number of aryl methyl sites for hydroxylation is 1. The molecule has 2 aliphatic heterocycles. The molecule has 0 aliphatic carbocycles. The number of nitrogens with zero attached hydrogens (tertiary/aromatic N) is 4. The molecule has 2 atom stereocenters. The van der Waals surface area contributed by atoms with Gasteiger partial charge in [-0.25, -0.2) is 4.39 Å². The second-order valence-corrected chi connectivity index (χ2v) is 7.83. The predicted molar refractivity (Wildman–Crippen MR) is 103 cm³/mol. The lowest BCUT2D eigenvalue weighted by Crippen LogP contribution is -2.44. The zero-order valence-electron chi connectivity index (χ0n) is 15.8. The highest BCUT2D eigenvalue weighted by molar-refractivity contribution is 5.53. The standard InChI is InChI=1S/C21H27FN4O/c1-15-10-17(22)2-3-20(15)25-8-4-19(5-9-25)26-13-16(21(27)14-26)11-18-12-23-6-7-24-18/h2-3,6-7,10,12,16,19,21,27H,4-5,8-9,11,13-14H2,1H3/t16-,21-/m1/s1. The van der Waals surface area contributed by atoms with E-state index in [2.05, 4.69) is 19.8 Å². The first kappa shape index (κ1) is 18.3. The van der Waals surface area contributed by atoms with Crippen LogP contribution in [0.5, 0.6) is 0 Å². The van der Waals surface area contributed by atoms with Crippen molar-refractivity contribution in [3.05, 3.63) is 53.9 Å². The number of aliphatic hydroxyl groups is 1. The van der Waals surface area contributed by atoms with Crippen LogP contribution in [0.15, 0.2) is 36.8 Å². The van der Waals surface area contributed by atoms with Gasteiger partial charge in [-0.3, -0.25) is 14.9 Å². The second-order valence-electron chi connectivity index (χ2n) is 7.83. The molecule has 1 aromatic heterocycles. The number of β-amino-alcohol motifs (C(OH)–C–C–N with tert-alkyl or cyclic N) is 1. The average molecular weight is 370 g/mol. The van der Waals surface area contributed by atoms with Gasteiger partial charge < -0.3 is 10.0 Å². The van der Waals surface area contributed by atoms with Gasteiger partial charge in [0.1, 0.15) is 5.82 Å². The van der Waals surface area contributed by atoms with E-state index in [1.165, 1.54) is 0 Å². The van der Waals surface area contributed by atoms with Crippen LogP contribution in [0.25, 0.3) is 0 Å². The molecule has 144 valence electrons. The first-order valence-corrected chi connectivity index (χ1v) is 9.78. The van der Waals surface area contributed by atoms with E-state index in [-0.39, 0.29) is 17.8 Å². The van der Waals surface area contributed by atoms with Crippen molar-refractivity contribution < 1.29 is 9.50 Å². The molecule has 2 aromatic rings. The van der Waals surface area contributed by atoms with Crippen LogP contribution in [-0.2, 0) is 6.42 Å². The Morgan fingerprint density at radius 3 is 2.70 bits per heavy atom. The molecule has 6 heteroatoms. The van der Waals surface area contributed by atoms with Gasteiger partial charge in [-0.2, -0.15) is 0 Å². The molecular weight excluding hydrogens is 343 g/mol. The highest BCUT2D eigenvalue weighted by Gasteiger charge is 2.36. The Hall–Kier alpha value is -2.05. The highest BCUT2D eigenvalue weighted by Crippen LogP contribution is 2.29. The molecule has 0 bridgehead atoms. The van der Waals surface area contributed by atoms with Crippen LogP contribution in [0.2, 0.25) is 0 Å². The largest absolute Gasteiger partial charge is 0.391 e. The lowest BCUT2D eigenvalue weighted by molar-refractivity contribution is 0.131. The van der Waals surface area contributed by atoms with Crippen molar-refractivity contribution in [1.82, 2.24) is 14.9 Å². The van der Waals surface area contributed by atoms with Crippen molar-refractivity contribution in [2.75, 3.05) is 31.1 Å². The van der Waals surface area contributed by atoms with E-state index in [1.807, 2.05) is 13.0 Å². The summed E-state index contributed by atoms with van der Waals surface area (Å²) in [4.78, 5) is 13.3. The molecule has 0 radical (unpaired) electrons. The monoisotopic (exact) mass is 370 g/mol. The van der Waals surface area contributed by atoms with Gasteiger partial charge in [0.05, 0.1) is 11.8 Å². The summed E-state index contributed by atoms with van der Waals surface area (Å²) in [5, 5.41) is 10.5. The number of hydrogen-bond donors (Lipinski definition) is 1. The molecule has 3 heterocycles. The number of likely N-dealkylation sites (tertiary alicyclic amines) is 1. The zero-order valence-corrected chi connectivity index (χ0v) is 15.8. The molecule has 0 unspecified atom stereocenters. The fraction of sp³-hybridized carbons (Fsp3) is 0.524. The molecular formula is C21H27FN4O. The maximum Gasteiger partial charge on any atom is 0.123 e. The summed E-state index contributed by atoms with van der Waals surface area (Å²) in [5.41, 5.74) is 3.08. The number of piperidine rings is 1. The number of aliphatic hydroxyl groups excluding tert-OH is 1. The maximum absolute atomic E-state index is 13.4. The molecule has 27 heavy (non-hydrogen) atoms. The van der Waals surface area contributed by atoms with E-state index >= 15 is 0 Å². The van der Waals surface area contributed by atoms with Gasteiger partial charge in [0.15, 0.2) is 0 Å². The molecule has 5 nitrogen and oxygen atoms in total. The van der Waals surface area contributed by atoms with Crippen LogP contribution in [0.4, 0.5) is 10.1 Å². The van der Waals surface area contributed by atoms with Crippen LogP contribution in [0.1, 0.15) is 24.1 Å². The van der Waals surface area contributed by atoms with Crippen molar-refractivity contribution in [3.8, 4) is 0 Å². The summed E-state index contributed by atoms with van der Waals surface area (Å²) in [6, 6.07) is 5.54. The first-order valence-electron chi connectivity index (χ1n) is 9.78. The third-order valence-electron chi connectivity index (χ3n) is 6.00. The smallest absolute Gasteiger partial charge is 0.123 e. The second kappa shape index (κ2) is 7.90. The number of benzene rings is 1. The summed E-state index contributed by atoms with van der Waals surface area (Å²) in [6.45, 7) is 5.57. The van der Waals surface area contributed by atoms with Crippen LogP contribution < -0.4 is 4.90 Å². The van der Waals surface area contributed by atoms with E-state index in [4.69, 9.17) is 0 Å². The minimum Gasteiger partial charge on any atom is -0.391 e. The quantitative estimate of drug-likeness (QED) is 0.896. The number of hydrogen-bond acceptors (Lipinski definition) is 5. The van der Waals surface area contributed by atoms with Gasteiger partial charge in [-0.05, 0) is 49.9 Å². The Kier molecular flexibility index (Phi) is 5.36. The minimum atomic E-state index is -0.302. The summed E-state index contributed by atoms with van der Waals surface area (Å²) >= 11 is 0.